The van der Waals surface area contributed by atoms with Gasteiger partial charge in [-0.25, -0.2) is 8.42 Å². The quantitative estimate of drug-likeness (QED) is 0.549. The van der Waals surface area contributed by atoms with Gasteiger partial charge in [-0.2, -0.15) is 30.6 Å². The van der Waals surface area contributed by atoms with E-state index in [1.165, 1.54) is 30.3 Å². The third kappa shape index (κ3) is 4.82. The predicted molar refractivity (Wildman–Crippen MR) is 121 cm³/mol. The fraction of sp³-hybridized carbons (Fsp3) is 0.500. The summed E-state index contributed by atoms with van der Waals surface area (Å²) in [5, 5.41) is 9.86. The van der Waals surface area contributed by atoms with Crippen molar-refractivity contribution in [1.82, 2.24) is 4.31 Å². The average Bonchev–Trinajstić information content (AvgIpc) is 3.21. The molecule has 2 saturated heterocycles. The number of sulfonamides is 1. The second-order valence-electron chi connectivity index (χ2n) is 9.69. The first-order chi connectivity index (χ1) is 16.6. The van der Waals surface area contributed by atoms with Gasteiger partial charge in [-0.05, 0) is 61.4 Å². The van der Waals surface area contributed by atoms with Crippen LogP contribution in [0.3, 0.4) is 0 Å². The molecule has 2 heterocycles. The van der Waals surface area contributed by atoms with E-state index in [0.29, 0.717) is 38.5 Å². The normalized spacial score (nSPS) is 21.1. The molecular weight excluding hydrogens is 510 g/mol. The molecule has 5 nitrogen and oxygen atoms in total. The molecule has 0 aromatic heterocycles. The number of halogens is 6. The molecule has 0 aliphatic carbocycles. The third-order valence-electron chi connectivity index (χ3n) is 7.38. The Morgan fingerprint density at radius 3 is 1.97 bits per heavy atom. The summed E-state index contributed by atoms with van der Waals surface area (Å²) in [5.41, 5.74) is -4.00. The maximum absolute atomic E-state index is 13.4. The minimum atomic E-state index is -4.82. The number of anilines is 1. The summed E-state index contributed by atoms with van der Waals surface area (Å²) >= 11 is 0. The van der Waals surface area contributed by atoms with Gasteiger partial charge in [0.25, 0.3) is 0 Å². The lowest BCUT2D eigenvalue weighted by Crippen LogP contribution is -2.44. The first-order valence-corrected chi connectivity index (χ1v) is 12.8. The lowest BCUT2D eigenvalue weighted by atomic mass is 9.78. The van der Waals surface area contributed by atoms with Gasteiger partial charge in [-0.3, -0.25) is 0 Å². The van der Waals surface area contributed by atoms with Crippen molar-refractivity contribution in [2.45, 2.75) is 49.0 Å². The van der Waals surface area contributed by atoms with Gasteiger partial charge in [0.05, 0.1) is 10.5 Å². The van der Waals surface area contributed by atoms with Crippen molar-refractivity contribution in [2.24, 2.45) is 5.41 Å². The monoisotopic (exact) mass is 536 g/mol. The minimum Gasteiger partial charge on any atom is -0.376 e. The first-order valence-electron chi connectivity index (χ1n) is 11.4. The molecule has 2 aliphatic rings. The molecule has 1 N–H and O–H groups in total. The van der Waals surface area contributed by atoms with Crippen molar-refractivity contribution >= 4 is 15.7 Å². The van der Waals surface area contributed by atoms with E-state index in [1.54, 1.807) is 0 Å². The summed E-state index contributed by atoms with van der Waals surface area (Å²) in [5.74, 6) is 0. The molecule has 2 aromatic rings. The maximum atomic E-state index is 13.4. The molecule has 2 fully saturated rings. The molecule has 0 amide bonds. The van der Waals surface area contributed by atoms with Crippen LogP contribution in [-0.2, 0) is 21.8 Å². The molecule has 1 atom stereocenters. The van der Waals surface area contributed by atoms with E-state index in [2.05, 4.69) is 0 Å². The Balaban J connectivity index is 1.44. The molecular formula is C24H26F6N2O3S. The Morgan fingerprint density at radius 2 is 1.42 bits per heavy atom. The van der Waals surface area contributed by atoms with E-state index < -0.39 is 38.4 Å². The Morgan fingerprint density at radius 1 is 0.861 bits per heavy atom. The third-order valence-corrected chi connectivity index (χ3v) is 9.34. The van der Waals surface area contributed by atoms with Gasteiger partial charge < -0.3 is 10.0 Å². The van der Waals surface area contributed by atoms with E-state index in [0.717, 1.165) is 28.9 Å². The highest BCUT2D eigenvalue weighted by Gasteiger charge is 2.51. The molecule has 0 saturated carbocycles. The number of hydrogen-bond donors (Lipinski definition) is 1. The second-order valence-corrected chi connectivity index (χ2v) is 11.6. The number of alkyl halides is 6. The van der Waals surface area contributed by atoms with Crippen LogP contribution < -0.4 is 4.90 Å². The van der Waals surface area contributed by atoms with Crippen molar-refractivity contribution in [1.29, 1.82) is 0 Å². The van der Waals surface area contributed by atoms with Gasteiger partial charge in [-0.15, -0.1) is 0 Å². The van der Waals surface area contributed by atoms with Crippen molar-refractivity contribution < 1.29 is 39.9 Å². The molecule has 1 spiro atoms. The van der Waals surface area contributed by atoms with E-state index >= 15 is 0 Å². The summed E-state index contributed by atoms with van der Waals surface area (Å²) in [7, 11) is -4.33. The van der Waals surface area contributed by atoms with Crippen molar-refractivity contribution in [3.05, 3.63) is 59.7 Å². The van der Waals surface area contributed by atoms with Crippen LogP contribution in [0.5, 0.6) is 0 Å². The highest BCUT2D eigenvalue weighted by molar-refractivity contribution is 7.89. The smallest absolute Gasteiger partial charge is 0.376 e. The molecule has 4 rings (SSSR count). The van der Waals surface area contributed by atoms with Crippen LogP contribution in [0.1, 0.15) is 37.3 Å². The van der Waals surface area contributed by atoms with Crippen molar-refractivity contribution in [2.75, 3.05) is 31.1 Å². The van der Waals surface area contributed by atoms with E-state index in [1.807, 2.05) is 4.90 Å². The van der Waals surface area contributed by atoms with Gasteiger partial charge in [-0.1, -0.05) is 24.3 Å². The predicted octanol–water partition coefficient (Wildman–Crippen LogP) is 5.16. The van der Waals surface area contributed by atoms with E-state index in [-0.39, 0.29) is 24.1 Å². The molecule has 2 aliphatic heterocycles. The summed E-state index contributed by atoms with van der Waals surface area (Å²) in [6.07, 6.45) is -7.98. The van der Waals surface area contributed by atoms with Gasteiger partial charge >= 0.3 is 12.4 Å². The summed E-state index contributed by atoms with van der Waals surface area (Å²) in [6.45, 7) is 2.01. The molecule has 1 unspecified atom stereocenters. The van der Waals surface area contributed by atoms with Crippen LogP contribution in [-0.4, -0.2) is 50.2 Å². The number of piperidine rings is 1. The molecule has 0 bridgehead atoms. The Kier molecular flexibility index (Phi) is 6.62. The van der Waals surface area contributed by atoms with Gasteiger partial charge in [0, 0.05) is 31.9 Å². The first kappa shape index (κ1) is 26.7. The maximum Gasteiger partial charge on any atom is 0.421 e. The van der Waals surface area contributed by atoms with Crippen molar-refractivity contribution in [3.8, 4) is 0 Å². The lowest BCUT2D eigenvalue weighted by Gasteiger charge is -2.39. The number of benzene rings is 2. The van der Waals surface area contributed by atoms with E-state index in [9.17, 15) is 39.9 Å². The zero-order valence-corrected chi connectivity index (χ0v) is 20.2. The lowest BCUT2D eigenvalue weighted by molar-refractivity contribution is -0.258. The van der Waals surface area contributed by atoms with Gasteiger partial charge in [0.1, 0.15) is 0 Å². The average molecular weight is 537 g/mol. The molecule has 12 heteroatoms. The largest absolute Gasteiger partial charge is 0.421 e. The number of hydrogen-bond acceptors (Lipinski definition) is 4. The molecule has 36 heavy (non-hydrogen) atoms. The summed E-state index contributed by atoms with van der Waals surface area (Å²) < 4.78 is 107. The SMILES string of the molecule is CC(O)(c1ccc(N2CCC3(CCN(S(=O)(=O)c4ccccc4C(F)(F)F)CC3)C2)cc1)C(F)(F)F. The van der Waals surface area contributed by atoms with Crippen LogP contribution >= 0.6 is 0 Å². The van der Waals surface area contributed by atoms with Gasteiger partial charge in [0.15, 0.2) is 5.60 Å². The highest BCUT2D eigenvalue weighted by atomic mass is 32.2. The fourth-order valence-electron chi connectivity index (χ4n) is 4.99. The number of nitrogens with zero attached hydrogens (tertiary/aromatic N) is 2. The minimum absolute atomic E-state index is 0.0791. The Bertz CT molecular complexity index is 1200. The molecule has 0 radical (unpaired) electrons. The van der Waals surface area contributed by atoms with Crippen LogP contribution in [0, 0.1) is 5.41 Å². The summed E-state index contributed by atoms with van der Waals surface area (Å²) in [4.78, 5) is 1.24. The second kappa shape index (κ2) is 8.91. The highest BCUT2D eigenvalue weighted by Crippen LogP contribution is 2.44. The number of rotatable bonds is 4. The van der Waals surface area contributed by atoms with Crippen LogP contribution in [0.15, 0.2) is 53.4 Å². The molecule has 198 valence electrons. The van der Waals surface area contributed by atoms with Crippen molar-refractivity contribution in [3.63, 3.8) is 0 Å². The standard InChI is InChI=1S/C24H26F6N2O3S/c1-21(33,24(28,29)30)17-6-8-18(9-7-17)31-13-10-22(16-31)11-14-32(15-12-22)36(34,35)20-5-3-2-4-19(20)23(25,26)27/h2-9,33H,10-16H2,1H3. The topological polar surface area (TPSA) is 60.9 Å². The summed E-state index contributed by atoms with van der Waals surface area (Å²) in [6, 6.07) is 9.65. The zero-order chi connectivity index (χ0) is 26.6. The van der Waals surface area contributed by atoms with Crippen LogP contribution in [0.25, 0.3) is 0 Å². The van der Waals surface area contributed by atoms with Gasteiger partial charge in [0.2, 0.25) is 10.0 Å². The van der Waals surface area contributed by atoms with Crippen LogP contribution in [0.2, 0.25) is 0 Å². The Hall–Kier alpha value is -2.31. The zero-order valence-electron chi connectivity index (χ0n) is 19.4. The molecule has 2 aromatic carbocycles. The number of aliphatic hydroxyl groups is 1. The Labute approximate surface area is 205 Å². The van der Waals surface area contributed by atoms with Crippen LogP contribution in [0.4, 0.5) is 32.0 Å². The van der Waals surface area contributed by atoms with E-state index in [4.69, 9.17) is 0 Å². The fourth-order valence-corrected chi connectivity index (χ4v) is 6.64.